The zero-order valence-corrected chi connectivity index (χ0v) is 13.5. The number of carbonyl (C=O) groups is 1. The summed E-state index contributed by atoms with van der Waals surface area (Å²) in [5.41, 5.74) is 5.84. The number of nitrogens with zero attached hydrogens (tertiary/aromatic N) is 1. The number of hydrogen-bond acceptors (Lipinski definition) is 3. The molecule has 1 saturated carbocycles. The highest BCUT2D eigenvalue weighted by Gasteiger charge is 2.41. The quantitative estimate of drug-likeness (QED) is 0.853. The van der Waals surface area contributed by atoms with Crippen LogP contribution < -0.4 is 0 Å². The molecule has 2 aliphatic rings. The van der Waals surface area contributed by atoms with Crippen molar-refractivity contribution in [2.75, 3.05) is 7.11 Å². The molecule has 120 valence electrons. The third kappa shape index (κ3) is 2.28. The van der Waals surface area contributed by atoms with Gasteiger partial charge in [0.1, 0.15) is 0 Å². The van der Waals surface area contributed by atoms with Crippen LogP contribution >= 0.6 is 0 Å². The molecule has 1 aromatic heterocycles. The van der Waals surface area contributed by atoms with Gasteiger partial charge >= 0.3 is 5.97 Å². The first-order valence-corrected chi connectivity index (χ1v) is 8.50. The van der Waals surface area contributed by atoms with Crippen molar-refractivity contribution in [1.29, 1.82) is 0 Å². The smallest absolute Gasteiger partial charge is 0.337 e. The average molecular weight is 310 g/mol. The molecule has 4 nitrogen and oxygen atoms in total. The van der Waals surface area contributed by atoms with Crippen LogP contribution in [-0.4, -0.2) is 23.3 Å². The predicted molar refractivity (Wildman–Crippen MR) is 88.4 cm³/mol. The Bertz CT molecular complexity index is 724. The summed E-state index contributed by atoms with van der Waals surface area (Å²) in [5, 5.41) is 8.00. The number of hydrogen-bond donors (Lipinski definition) is 1. The maximum atomic E-state index is 11.6. The van der Waals surface area contributed by atoms with Crippen LogP contribution in [0.2, 0.25) is 0 Å². The van der Waals surface area contributed by atoms with E-state index in [9.17, 15) is 4.79 Å². The highest BCUT2D eigenvalue weighted by Crippen LogP contribution is 2.49. The molecule has 1 heterocycles. The number of rotatable bonds is 2. The molecule has 0 amide bonds. The first kappa shape index (κ1) is 14.5. The Labute approximate surface area is 136 Å². The second-order valence-electron chi connectivity index (χ2n) is 6.84. The minimum atomic E-state index is -0.300. The number of esters is 1. The highest BCUT2D eigenvalue weighted by atomic mass is 16.5. The number of ether oxygens (including phenoxy) is 1. The van der Waals surface area contributed by atoms with Gasteiger partial charge in [0.25, 0.3) is 0 Å². The molecule has 4 heteroatoms. The molecule has 1 fully saturated rings. The van der Waals surface area contributed by atoms with E-state index in [1.165, 1.54) is 56.9 Å². The molecule has 4 rings (SSSR count). The van der Waals surface area contributed by atoms with Gasteiger partial charge < -0.3 is 4.74 Å². The van der Waals surface area contributed by atoms with Gasteiger partial charge in [-0.2, -0.15) is 5.10 Å². The lowest BCUT2D eigenvalue weighted by Gasteiger charge is -2.33. The molecule has 1 spiro atoms. The third-order valence-corrected chi connectivity index (χ3v) is 5.62. The molecule has 0 saturated heterocycles. The van der Waals surface area contributed by atoms with E-state index in [2.05, 4.69) is 10.2 Å². The van der Waals surface area contributed by atoms with Crippen molar-refractivity contribution in [3.8, 4) is 11.3 Å². The number of benzene rings is 1. The number of aromatic amines is 1. The van der Waals surface area contributed by atoms with E-state index in [1.54, 1.807) is 0 Å². The van der Waals surface area contributed by atoms with Crippen LogP contribution in [-0.2, 0) is 16.6 Å². The van der Waals surface area contributed by atoms with E-state index in [4.69, 9.17) is 4.74 Å². The zero-order valence-electron chi connectivity index (χ0n) is 13.5. The molecule has 2 aliphatic carbocycles. The molecular formula is C19H22N2O2. The standard InChI is InChI=1S/C19H22N2O2/c1-23-18(22)14-8-6-13(7-9-14)16-15-5-4-12-19(10-2-3-11-19)17(15)21-20-16/h6-9H,2-5,10-12H2,1H3,(H,20,21). The first-order valence-electron chi connectivity index (χ1n) is 8.50. The minimum absolute atomic E-state index is 0.300. The van der Waals surface area contributed by atoms with Crippen LogP contribution in [0.25, 0.3) is 11.3 Å². The van der Waals surface area contributed by atoms with E-state index >= 15 is 0 Å². The number of nitrogens with one attached hydrogen (secondary N) is 1. The molecule has 2 aromatic rings. The van der Waals surface area contributed by atoms with Crippen molar-refractivity contribution < 1.29 is 9.53 Å². The van der Waals surface area contributed by atoms with Gasteiger partial charge in [-0.05, 0) is 44.2 Å². The van der Waals surface area contributed by atoms with Gasteiger partial charge in [0, 0.05) is 22.2 Å². The summed E-state index contributed by atoms with van der Waals surface area (Å²) in [5.74, 6) is -0.300. The van der Waals surface area contributed by atoms with E-state index in [0.717, 1.165) is 17.7 Å². The molecule has 23 heavy (non-hydrogen) atoms. The van der Waals surface area contributed by atoms with Gasteiger partial charge in [-0.15, -0.1) is 0 Å². The molecule has 0 bridgehead atoms. The van der Waals surface area contributed by atoms with Crippen molar-refractivity contribution in [3.05, 3.63) is 41.1 Å². The Morgan fingerprint density at radius 3 is 2.52 bits per heavy atom. The third-order valence-electron chi connectivity index (χ3n) is 5.62. The maximum Gasteiger partial charge on any atom is 0.337 e. The molecule has 0 radical (unpaired) electrons. The Balaban J connectivity index is 1.71. The van der Waals surface area contributed by atoms with Crippen molar-refractivity contribution in [2.45, 2.75) is 50.4 Å². The normalized spacial score (nSPS) is 18.8. The Hall–Kier alpha value is -2.10. The van der Waals surface area contributed by atoms with Gasteiger partial charge in [0.05, 0.1) is 18.4 Å². The van der Waals surface area contributed by atoms with Crippen LogP contribution in [0.4, 0.5) is 0 Å². The summed E-state index contributed by atoms with van der Waals surface area (Å²) in [4.78, 5) is 11.6. The first-order chi connectivity index (χ1) is 11.2. The lowest BCUT2D eigenvalue weighted by atomic mass is 9.71. The van der Waals surface area contributed by atoms with Crippen LogP contribution in [0.15, 0.2) is 24.3 Å². The maximum absolute atomic E-state index is 11.6. The average Bonchev–Trinajstić information content (AvgIpc) is 3.23. The molecule has 0 atom stereocenters. The monoisotopic (exact) mass is 310 g/mol. The van der Waals surface area contributed by atoms with Gasteiger partial charge in [-0.25, -0.2) is 4.79 Å². The van der Waals surface area contributed by atoms with Crippen molar-refractivity contribution in [2.24, 2.45) is 0 Å². The molecule has 0 aliphatic heterocycles. The number of carbonyl (C=O) groups excluding carboxylic acids is 1. The fraction of sp³-hybridized carbons (Fsp3) is 0.474. The summed E-state index contributed by atoms with van der Waals surface area (Å²) in [6, 6.07) is 7.57. The van der Waals surface area contributed by atoms with Crippen molar-refractivity contribution in [1.82, 2.24) is 10.2 Å². The van der Waals surface area contributed by atoms with E-state index < -0.39 is 0 Å². The van der Waals surface area contributed by atoms with Crippen LogP contribution in [0, 0.1) is 0 Å². The number of H-pyrrole nitrogens is 1. The topological polar surface area (TPSA) is 55.0 Å². The minimum Gasteiger partial charge on any atom is -0.465 e. The Morgan fingerprint density at radius 1 is 1.13 bits per heavy atom. The zero-order chi connectivity index (χ0) is 15.9. The Kier molecular flexibility index (Phi) is 3.47. The second kappa shape index (κ2) is 5.52. The van der Waals surface area contributed by atoms with Gasteiger partial charge in [0.2, 0.25) is 0 Å². The summed E-state index contributed by atoms with van der Waals surface area (Å²) in [6.45, 7) is 0. The van der Waals surface area contributed by atoms with Crippen molar-refractivity contribution >= 4 is 5.97 Å². The SMILES string of the molecule is COC(=O)c1ccc(-c2n[nH]c3c2CCCC32CCCC2)cc1. The molecular weight excluding hydrogens is 288 g/mol. The van der Waals surface area contributed by atoms with Crippen molar-refractivity contribution in [3.63, 3.8) is 0 Å². The largest absolute Gasteiger partial charge is 0.465 e. The fourth-order valence-corrected chi connectivity index (χ4v) is 4.45. The lowest BCUT2D eigenvalue weighted by molar-refractivity contribution is 0.0601. The highest BCUT2D eigenvalue weighted by molar-refractivity contribution is 5.90. The number of methoxy groups -OCH3 is 1. The van der Waals surface area contributed by atoms with E-state index in [-0.39, 0.29) is 5.97 Å². The number of fused-ring (bicyclic) bond motifs is 2. The van der Waals surface area contributed by atoms with Crippen LogP contribution in [0.1, 0.15) is 60.1 Å². The fourth-order valence-electron chi connectivity index (χ4n) is 4.45. The van der Waals surface area contributed by atoms with E-state index in [0.29, 0.717) is 11.0 Å². The van der Waals surface area contributed by atoms with Crippen LogP contribution in [0.3, 0.4) is 0 Å². The molecule has 1 N–H and O–H groups in total. The Morgan fingerprint density at radius 2 is 1.83 bits per heavy atom. The summed E-state index contributed by atoms with van der Waals surface area (Å²) >= 11 is 0. The second-order valence-corrected chi connectivity index (χ2v) is 6.84. The van der Waals surface area contributed by atoms with Gasteiger partial charge in [0.15, 0.2) is 0 Å². The predicted octanol–water partition coefficient (Wildman–Crippen LogP) is 4.01. The summed E-state index contributed by atoms with van der Waals surface area (Å²) < 4.78 is 4.76. The molecule has 1 aromatic carbocycles. The number of aromatic nitrogens is 2. The lowest BCUT2D eigenvalue weighted by Crippen LogP contribution is -2.27. The summed E-state index contributed by atoms with van der Waals surface area (Å²) in [6.07, 6.45) is 8.90. The van der Waals surface area contributed by atoms with E-state index in [1.807, 2.05) is 24.3 Å². The van der Waals surface area contributed by atoms with Crippen LogP contribution in [0.5, 0.6) is 0 Å². The summed E-state index contributed by atoms with van der Waals surface area (Å²) in [7, 11) is 1.40. The van der Waals surface area contributed by atoms with Gasteiger partial charge in [-0.1, -0.05) is 25.0 Å². The van der Waals surface area contributed by atoms with Gasteiger partial charge in [-0.3, -0.25) is 5.10 Å². The molecule has 0 unspecified atom stereocenters.